The molecule has 2 N–H and O–H groups in total. The van der Waals surface area contributed by atoms with Gasteiger partial charge in [0, 0.05) is 0 Å². The number of amides is 1. The van der Waals surface area contributed by atoms with E-state index in [-0.39, 0.29) is 11.9 Å². The molecule has 0 bridgehead atoms. The summed E-state index contributed by atoms with van der Waals surface area (Å²) in [7, 11) is 1.52. The fraction of sp³-hybridized carbons (Fsp3) is 0.429. The average Bonchev–Trinajstić information content (AvgIpc) is 2.85. The third-order valence-corrected chi connectivity index (χ3v) is 3.43. The summed E-state index contributed by atoms with van der Waals surface area (Å²) in [5, 5.41) is 15.1. The summed E-state index contributed by atoms with van der Waals surface area (Å²) in [6.07, 6.45) is 0.981. The van der Waals surface area contributed by atoms with Gasteiger partial charge in [-0.05, 0) is 31.0 Å². The van der Waals surface area contributed by atoms with E-state index < -0.39 is 0 Å². The van der Waals surface area contributed by atoms with Crippen LogP contribution < -0.4 is 15.4 Å². The Bertz CT molecular complexity index is 522. The summed E-state index contributed by atoms with van der Waals surface area (Å²) in [4.78, 5) is 12.2. The van der Waals surface area contributed by atoms with Crippen LogP contribution in [0.25, 0.3) is 0 Å². The molecule has 100 valence electrons. The first-order chi connectivity index (χ1) is 9.17. The maximum Gasteiger partial charge on any atom is 0.241 e. The van der Waals surface area contributed by atoms with Gasteiger partial charge in [-0.1, -0.05) is 13.0 Å². The largest absolute Gasteiger partial charge is 0.495 e. The molecule has 1 saturated heterocycles. The number of nitrogens with zero attached hydrogens (tertiary/aromatic N) is 1. The number of anilines is 1. The number of ether oxygens (including phenoxy) is 1. The summed E-state index contributed by atoms with van der Waals surface area (Å²) in [6.45, 7) is 2.88. The molecule has 5 heteroatoms. The summed E-state index contributed by atoms with van der Waals surface area (Å²) >= 11 is 0. The first-order valence-corrected chi connectivity index (χ1v) is 6.28. The van der Waals surface area contributed by atoms with Crippen molar-refractivity contribution >= 4 is 11.6 Å². The topological polar surface area (TPSA) is 74.1 Å². The van der Waals surface area contributed by atoms with Crippen LogP contribution in [-0.4, -0.2) is 25.6 Å². The standard InChI is InChI=1S/C14H17N3O2/c1-9-6-7-16-12(9)14(18)17-13-10(8-15)4-3-5-11(13)19-2/h3-5,9,12,16H,6-7H2,1-2H3,(H,17,18). The number of nitriles is 1. The van der Waals surface area contributed by atoms with Crippen molar-refractivity contribution in [2.45, 2.75) is 19.4 Å². The number of hydrogen-bond donors (Lipinski definition) is 2. The molecule has 5 nitrogen and oxygen atoms in total. The summed E-state index contributed by atoms with van der Waals surface area (Å²) < 4.78 is 5.19. The van der Waals surface area contributed by atoms with Crippen LogP contribution in [0.1, 0.15) is 18.9 Å². The van der Waals surface area contributed by atoms with Gasteiger partial charge in [0.25, 0.3) is 0 Å². The van der Waals surface area contributed by atoms with E-state index in [1.165, 1.54) is 7.11 Å². The van der Waals surface area contributed by atoms with Crippen LogP contribution in [0.2, 0.25) is 0 Å². The van der Waals surface area contributed by atoms with Gasteiger partial charge in [-0.3, -0.25) is 4.79 Å². The van der Waals surface area contributed by atoms with Gasteiger partial charge in [0.05, 0.1) is 18.7 Å². The molecule has 2 rings (SSSR count). The van der Waals surface area contributed by atoms with E-state index in [1.54, 1.807) is 18.2 Å². The highest BCUT2D eigenvalue weighted by Gasteiger charge is 2.30. The van der Waals surface area contributed by atoms with E-state index in [1.807, 2.05) is 6.92 Å². The van der Waals surface area contributed by atoms with Gasteiger partial charge in [-0.2, -0.15) is 5.26 Å². The molecule has 1 aliphatic heterocycles. The fourth-order valence-corrected chi connectivity index (χ4v) is 2.31. The Kier molecular flexibility index (Phi) is 4.03. The Labute approximate surface area is 112 Å². The van der Waals surface area contributed by atoms with E-state index in [9.17, 15) is 4.79 Å². The SMILES string of the molecule is COc1cccc(C#N)c1NC(=O)C1NCCC1C. The molecule has 0 aromatic heterocycles. The average molecular weight is 259 g/mol. The molecule has 0 saturated carbocycles. The highest BCUT2D eigenvalue weighted by Crippen LogP contribution is 2.28. The third-order valence-electron chi connectivity index (χ3n) is 3.43. The first kappa shape index (κ1) is 13.4. The second-order valence-electron chi connectivity index (χ2n) is 4.68. The molecule has 19 heavy (non-hydrogen) atoms. The van der Waals surface area contributed by atoms with Crippen LogP contribution >= 0.6 is 0 Å². The number of para-hydroxylation sites is 1. The molecule has 0 radical (unpaired) electrons. The van der Waals surface area contributed by atoms with Crippen LogP contribution in [0.15, 0.2) is 18.2 Å². The lowest BCUT2D eigenvalue weighted by Crippen LogP contribution is -2.39. The predicted molar refractivity (Wildman–Crippen MR) is 71.9 cm³/mol. The maximum absolute atomic E-state index is 12.2. The number of methoxy groups -OCH3 is 1. The molecular weight excluding hydrogens is 242 g/mol. The van der Waals surface area contributed by atoms with Gasteiger partial charge in [-0.15, -0.1) is 0 Å². The van der Waals surface area contributed by atoms with E-state index in [2.05, 4.69) is 16.7 Å². The minimum Gasteiger partial charge on any atom is -0.495 e. The summed E-state index contributed by atoms with van der Waals surface area (Å²) in [5.74, 6) is 0.671. The number of benzene rings is 1. The second kappa shape index (κ2) is 5.72. The Morgan fingerprint density at radius 3 is 2.95 bits per heavy atom. The Hall–Kier alpha value is -2.06. The number of hydrogen-bond acceptors (Lipinski definition) is 4. The highest BCUT2D eigenvalue weighted by molar-refractivity contribution is 5.97. The second-order valence-corrected chi connectivity index (χ2v) is 4.68. The van der Waals surface area contributed by atoms with Gasteiger partial charge in [-0.25, -0.2) is 0 Å². The zero-order valence-corrected chi connectivity index (χ0v) is 11.1. The summed E-state index contributed by atoms with van der Waals surface area (Å²) in [6, 6.07) is 6.96. The van der Waals surface area contributed by atoms with Crippen molar-refractivity contribution in [2.24, 2.45) is 5.92 Å². The quantitative estimate of drug-likeness (QED) is 0.862. The van der Waals surface area contributed by atoms with Crippen LogP contribution in [0, 0.1) is 17.2 Å². The zero-order valence-electron chi connectivity index (χ0n) is 11.1. The lowest BCUT2D eigenvalue weighted by atomic mass is 10.0. The van der Waals surface area contributed by atoms with Crippen molar-refractivity contribution in [1.29, 1.82) is 5.26 Å². The lowest BCUT2D eigenvalue weighted by molar-refractivity contribution is -0.118. The molecule has 1 aliphatic rings. The molecule has 1 aromatic carbocycles. The zero-order chi connectivity index (χ0) is 13.8. The minimum atomic E-state index is -0.212. The van der Waals surface area contributed by atoms with Gasteiger partial charge < -0.3 is 15.4 Å². The van der Waals surface area contributed by atoms with E-state index >= 15 is 0 Å². The lowest BCUT2D eigenvalue weighted by Gasteiger charge is -2.17. The van der Waals surface area contributed by atoms with Crippen molar-refractivity contribution in [3.63, 3.8) is 0 Å². The summed E-state index contributed by atoms with van der Waals surface area (Å²) in [5.41, 5.74) is 0.844. The van der Waals surface area contributed by atoms with Crippen molar-refractivity contribution in [3.05, 3.63) is 23.8 Å². The Morgan fingerprint density at radius 1 is 1.58 bits per heavy atom. The molecular formula is C14H17N3O2. The normalized spacial score (nSPS) is 21.7. The molecule has 1 fully saturated rings. The number of carbonyl (C=O) groups is 1. The van der Waals surface area contributed by atoms with Gasteiger partial charge >= 0.3 is 0 Å². The number of rotatable bonds is 3. The highest BCUT2D eigenvalue weighted by atomic mass is 16.5. The molecule has 0 spiro atoms. The Balaban J connectivity index is 2.23. The van der Waals surface area contributed by atoms with Crippen molar-refractivity contribution in [2.75, 3.05) is 19.0 Å². The van der Waals surface area contributed by atoms with Crippen molar-refractivity contribution in [3.8, 4) is 11.8 Å². The first-order valence-electron chi connectivity index (χ1n) is 6.28. The van der Waals surface area contributed by atoms with Gasteiger partial charge in [0.2, 0.25) is 5.91 Å². The van der Waals surface area contributed by atoms with Crippen molar-refractivity contribution in [1.82, 2.24) is 5.32 Å². The van der Waals surface area contributed by atoms with Crippen LogP contribution in [-0.2, 0) is 4.79 Å². The monoisotopic (exact) mass is 259 g/mol. The molecule has 1 aromatic rings. The Morgan fingerprint density at radius 2 is 2.37 bits per heavy atom. The van der Waals surface area contributed by atoms with Crippen LogP contribution in [0.4, 0.5) is 5.69 Å². The molecule has 2 unspecified atom stereocenters. The molecule has 1 amide bonds. The molecule has 1 heterocycles. The third kappa shape index (κ3) is 2.69. The van der Waals surface area contributed by atoms with E-state index in [0.717, 1.165) is 13.0 Å². The van der Waals surface area contributed by atoms with E-state index in [4.69, 9.17) is 10.00 Å². The maximum atomic E-state index is 12.2. The number of carbonyl (C=O) groups excluding carboxylic acids is 1. The predicted octanol–water partition coefficient (Wildman–Crippen LogP) is 1.50. The minimum absolute atomic E-state index is 0.119. The number of nitrogens with one attached hydrogen (secondary N) is 2. The van der Waals surface area contributed by atoms with Gasteiger partial charge in [0.1, 0.15) is 17.5 Å². The fourth-order valence-electron chi connectivity index (χ4n) is 2.31. The van der Waals surface area contributed by atoms with Gasteiger partial charge in [0.15, 0.2) is 0 Å². The van der Waals surface area contributed by atoms with Crippen molar-refractivity contribution < 1.29 is 9.53 Å². The molecule has 2 atom stereocenters. The molecule has 0 aliphatic carbocycles. The van der Waals surface area contributed by atoms with Crippen LogP contribution in [0.5, 0.6) is 5.75 Å². The smallest absolute Gasteiger partial charge is 0.241 e. The van der Waals surface area contributed by atoms with E-state index in [0.29, 0.717) is 22.9 Å². The van der Waals surface area contributed by atoms with Crippen LogP contribution in [0.3, 0.4) is 0 Å².